The highest BCUT2D eigenvalue weighted by Gasteiger charge is 2.30. The van der Waals surface area contributed by atoms with Crippen LogP contribution in [-0.2, 0) is 14.3 Å². The molecule has 0 bridgehead atoms. The van der Waals surface area contributed by atoms with Crippen molar-refractivity contribution in [1.29, 1.82) is 0 Å². The molecule has 13 heteroatoms. The topological polar surface area (TPSA) is 179 Å². The van der Waals surface area contributed by atoms with Gasteiger partial charge in [-0.15, -0.1) is 0 Å². The van der Waals surface area contributed by atoms with E-state index in [1.165, 1.54) is 44.9 Å². The zero-order valence-corrected chi connectivity index (χ0v) is 39.1. The number of esters is 1. The number of fused-ring (bicyclic) bond motifs is 2. The number of hydrogen-bond acceptors (Lipinski definition) is 12. The molecule has 0 saturated carbocycles. The lowest BCUT2D eigenvalue weighted by Crippen LogP contribution is -2.47. The molecule has 13 nitrogen and oxygen atoms in total. The molecule has 1 unspecified atom stereocenters. The van der Waals surface area contributed by atoms with Crippen LogP contribution in [0.5, 0.6) is 34.5 Å². The van der Waals surface area contributed by atoms with Crippen molar-refractivity contribution in [3.05, 3.63) is 24.3 Å². The van der Waals surface area contributed by atoms with Gasteiger partial charge in [0.15, 0.2) is 11.5 Å². The molecular weight excluding hydrogens is 791 g/mol. The van der Waals surface area contributed by atoms with Gasteiger partial charge in [0.05, 0.1) is 30.6 Å². The third-order valence-electron chi connectivity index (χ3n) is 10.8. The van der Waals surface area contributed by atoms with Gasteiger partial charge in [-0.2, -0.15) is 0 Å². The summed E-state index contributed by atoms with van der Waals surface area (Å²) in [6, 6.07) is 6.44. The van der Waals surface area contributed by atoms with E-state index < -0.39 is 28.7 Å². The van der Waals surface area contributed by atoms with Crippen LogP contribution in [0.25, 0.3) is 21.5 Å². The standard InChI is InChI=1S/C49H79N3O10/c1-9-11-12-13-14-15-16-17-18-22-32-59-44-38-39(41(54)36-27-20-19-26-35(36)40(38)53)45(43(56)42(44)55)60-33-23-21-28-50-29-25-34-61-47(58)52(48(3,4)5)31-24-30-51-37(10-2)46(57)62-49(6,7)8/h19-20,26-27,37,50-51,53-56H,9-18,21-25,28-34H2,1-8H3. The quantitative estimate of drug-likeness (QED) is 0.0128. The van der Waals surface area contributed by atoms with Crippen LogP contribution in [0.15, 0.2) is 24.3 Å². The van der Waals surface area contributed by atoms with Gasteiger partial charge in [-0.25, -0.2) is 4.79 Å². The molecule has 350 valence electrons. The molecule has 0 aliphatic carbocycles. The number of ether oxygens (including phenoxy) is 4. The Morgan fingerprint density at radius 2 is 1.13 bits per heavy atom. The van der Waals surface area contributed by atoms with E-state index in [2.05, 4.69) is 17.6 Å². The summed E-state index contributed by atoms with van der Waals surface area (Å²) in [7, 11) is 0. The van der Waals surface area contributed by atoms with Crippen molar-refractivity contribution in [3.63, 3.8) is 0 Å². The third-order valence-corrected chi connectivity index (χ3v) is 10.8. The van der Waals surface area contributed by atoms with Gasteiger partial charge in [-0.3, -0.25) is 4.79 Å². The zero-order valence-electron chi connectivity index (χ0n) is 39.1. The van der Waals surface area contributed by atoms with Crippen molar-refractivity contribution in [2.75, 3.05) is 46.0 Å². The Balaban J connectivity index is 1.47. The van der Waals surface area contributed by atoms with Crippen molar-refractivity contribution < 1.29 is 49.0 Å². The van der Waals surface area contributed by atoms with Crippen molar-refractivity contribution in [3.8, 4) is 34.5 Å². The van der Waals surface area contributed by atoms with Crippen molar-refractivity contribution in [2.24, 2.45) is 0 Å². The van der Waals surface area contributed by atoms with Crippen molar-refractivity contribution in [1.82, 2.24) is 15.5 Å². The SMILES string of the molecule is CCCCCCCCCCCCOc1c(O)c(O)c(OCCCCNCCCOC(=O)N(CCCNC(CC)C(=O)OC(C)(C)C)C(C)(C)C)c2c(O)c3ccccc3c(O)c12. The minimum atomic E-state index is -0.557. The third kappa shape index (κ3) is 16.4. The Labute approximate surface area is 370 Å². The molecule has 1 amide bonds. The van der Waals surface area contributed by atoms with E-state index in [-0.39, 0.29) is 65.7 Å². The molecule has 0 heterocycles. The lowest BCUT2D eigenvalue weighted by molar-refractivity contribution is -0.157. The molecule has 3 rings (SSSR count). The smallest absolute Gasteiger partial charge is 0.410 e. The van der Waals surface area contributed by atoms with E-state index in [0.29, 0.717) is 62.6 Å². The second-order valence-corrected chi connectivity index (χ2v) is 18.3. The van der Waals surface area contributed by atoms with Gasteiger partial charge in [-0.05, 0) is 99.7 Å². The van der Waals surface area contributed by atoms with Crippen LogP contribution < -0.4 is 20.1 Å². The first kappa shape index (κ1) is 52.0. The van der Waals surface area contributed by atoms with Crippen LogP contribution in [0.1, 0.15) is 152 Å². The number of amides is 1. The van der Waals surface area contributed by atoms with E-state index in [1.54, 1.807) is 29.2 Å². The summed E-state index contributed by atoms with van der Waals surface area (Å²) in [5, 5.41) is 52.9. The lowest BCUT2D eigenvalue weighted by Gasteiger charge is -2.35. The molecule has 62 heavy (non-hydrogen) atoms. The Morgan fingerprint density at radius 3 is 1.63 bits per heavy atom. The molecule has 0 aliphatic heterocycles. The van der Waals surface area contributed by atoms with Gasteiger partial charge in [0.25, 0.3) is 0 Å². The molecule has 1 atom stereocenters. The van der Waals surface area contributed by atoms with Gasteiger partial charge < -0.3 is 54.9 Å². The number of phenols is 4. The summed E-state index contributed by atoms with van der Waals surface area (Å²) in [5.74, 6) is -1.95. The molecular formula is C49H79N3O10. The van der Waals surface area contributed by atoms with Gasteiger partial charge >= 0.3 is 12.1 Å². The van der Waals surface area contributed by atoms with Crippen LogP contribution in [0.3, 0.4) is 0 Å². The molecule has 0 spiro atoms. The largest absolute Gasteiger partial charge is 0.506 e. The number of benzene rings is 3. The number of nitrogens with zero attached hydrogens (tertiary/aromatic N) is 1. The molecule has 0 saturated heterocycles. The number of hydrogen-bond donors (Lipinski definition) is 6. The molecule has 0 radical (unpaired) electrons. The van der Waals surface area contributed by atoms with E-state index in [9.17, 15) is 30.0 Å². The first-order valence-corrected chi connectivity index (χ1v) is 23.2. The summed E-state index contributed by atoms with van der Waals surface area (Å²) >= 11 is 0. The van der Waals surface area contributed by atoms with Crippen molar-refractivity contribution >= 4 is 33.6 Å². The number of unbranched alkanes of at least 4 members (excludes halogenated alkanes) is 10. The predicted molar refractivity (Wildman–Crippen MR) is 248 cm³/mol. The van der Waals surface area contributed by atoms with Gasteiger partial charge in [0, 0.05) is 22.9 Å². The summed E-state index contributed by atoms with van der Waals surface area (Å²) in [6.07, 6.45) is 14.4. The maximum atomic E-state index is 13.0. The first-order valence-electron chi connectivity index (χ1n) is 23.2. The average molecular weight is 870 g/mol. The van der Waals surface area contributed by atoms with Crippen LogP contribution in [0.4, 0.5) is 4.79 Å². The molecule has 0 aromatic heterocycles. The first-order chi connectivity index (χ1) is 29.5. The highest BCUT2D eigenvalue weighted by atomic mass is 16.6. The Bertz CT molecular complexity index is 1820. The number of carbonyl (C=O) groups is 2. The summed E-state index contributed by atoms with van der Waals surface area (Å²) in [6.45, 7) is 18.6. The van der Waals surface area contributed by atoms with Crippen molar-refractivity contribution in [2.45, 2.75) is 169 Å². The number of aromatic hydroxyl groups is 4. The number of carbonyl (C=O) groups excluding carboxylic acids is 2. The van der Waals surface area contributed by atoms with Crippen LogP contribution in [-0.4, -0.2) is 101 Å². The summed E-state index contributed by atoms with van der Waals surface area (Å²) in [4.78, 5) is 27.2. The molecule has 6 N–H and O–H groups in total. The fourth-order valence-corrected chi connectivity index (χ4v) is 7.41. The van der Waals surface area contributed by atoms with E-state index >= 15 is 0 Å². The summed E-state index contributed by atoms with van der Waals surface area (Å²) < 4.78 is 23.2. The van der Waals surface area contributed by atoms with E-state index in [4.69, 9.17) is 18.9 Å². The molecule has 0 aliphatic rings. The van der Waals surface area contributed by atoms with Crippen LogP contribution in [0.2, 0.25) is 0 Å². The predicted octanol–water partition coefficient (Wildman–Crippen LogP) is 10.6. The van der Waals surface area contributed by atoms with Gasteiger partial charge in [-0.1, -0.05) is 95.9 Å². The minimum Gasteiger partial charge on any atom is -0.506 e. The molecule has 0 fully saturated rings. The van der Waals surface area contributed by atoms with Gasteiger partial charge in [0.2, 0.25) is 11.5 Å². The highest BCUT2D eigenvalue weighted by molar-refractivity contribution is 6.16. The number of rotatable bonds is 29. The second-order valence-electron chi connectivity index (χ2n) is 18.3. The average Bonchev–Trinajstić information content (AvgIpc) is 3.21. The van der Waals surface area contributed by atoms with E-state index in [1.807, 2.05) is 48.5 Å². The molecule has 3 aromatic rings. The van der Waals surface area contributed by atoms with Crippen LogP contribution in [0, 0.1) is 0 Å². The molecule has 3 aromatic carbocycles. The summed E-state index contributed by atoms with van der Waals surface area (Å²) in [5.41, 5.74) is -0.993. The Hall–Kier alpha value is -4.36. The highest BCUT2D eigenvalue weighted by Crippen LogP contribution is 2.57. The lowest BCUT2D eigenvalue weighted by atomic mass is 9.98. The zero-order chi connectivity index (χ0) is 45.7. The Morgan fingerprint density at radius 1 is 0.629 bits per heavy atom. The van der Waals surface area contributed by atoms with E-state index in [0.717, 1.165) is 25.7 Å². The number of nitrogens with one attached hydrogen (secondary N) is 2. The fraction of sp³-hybridized carbons (Fsp3) is 0.673. The van der Waals surface area contributed by atoms with Gasteiger partial charge in [0.1, 0.15) is 23.1 Å². The maximum Gasteiger partial charge on any atom is 0.410 e. The fourth-order valence-electron chi connectivity index (χ4n) is 7.41. The normalized spacial score (nSPS) is 12.5. The monoisotopic (exact) mass is 870 g/mol. The second kappa shape index (κ2) is 26.3. The Kier molecular flexibility index (Phi) is 22.1. The number of phenolic OH excluding ortho intramolecular Hbond substituents is 4. The minimum absolute atomic E-state index is 0.0762. The maximum absolute atomic E-state index is 13.0. The van der Waals surface area contributed by atoms with Crippen LogP contribution >= 0.6 is 0 Å².